The molecule has 1 aliphatic heterocycles. The molecule has 9 heteroatoms. The van der Waals surface area contributed by atoms with Crippen LogP contribution in [0.1, 0.15) is 48.2 Å². The van der Waals surface area contributed by atoms with Gasteiger partial charge in [0.25, 0.3) is 5.91 Å². The van der Waals surface area contributed by atoms with Crippen LogP contribution in [0.3, 0.4) is 0 Å². The van der Waals surface area contributed by atoms with E-state index < -0.39 is 12.1 Å². The maximum atomic E-state index is 14.0. The molecule has 8 nitrogen and oxygen atoms in total. The van der Waals surface area contributed by atoms with Crippen LogP contribution >= 0.6 is 11.9 Å². The number of likely N-dealkylation sites (N-methyl/N-ethyl adjacent to an activating group) is 1. The number of rotatable bonds is 10. The molecule has 3 aromatic rings. The van der Waals surface area contributed by atoms with Crippen LogP contribution in [0.25, 0.3) is 10.8 Å². The molecule has 1 aliphatic rings. The van der Waals surface area contributed by atoms with Crippen LogP contribution in [-0.4, -0.2) is 49.7 Å². The highest BCUT2D eigenvalue weighted by molar-refractivity contribution is 7.97. The van der Waals surface area contributed by atoms with E-state index in [1.165, 1.54) is 11.9 Å². The van der Waals surface area contributed by atoms with E-state index >= 15 is 0 Å². The Kier molecular flexibility index (Phi) is 9.48. The number of nitrogens with one attached hydrogen (secondary N) is 3. The van der Waals surface area contributed by atoms with Gasteiger partial charge in [-0.25, -0.2) is 0 Å². The number of para-hydroxylation sites is 1. The predicted molar refractivity (Wildman–Crippen MR) is 157 cm³/mol. The SMILES string of the molecule is CCCSNC(=O)c1cccc2c(CN3C(=O)C(NC(=O)[C@H](C)NC)CCc4ccccc43)c(OC)ccc12. The van der Waals surface area contributed by atoms with E-state index in [1.807, 2.05) is 48.5 Å². The topological polar surface area (TPSA) is 99.8 Å². The highest BCUT2D eigenvalue weighted by atomic mass is 32.2. The number of anilines is 1. The number of aryl methyl sites for hydroxylation is 1. The summed E-state index contributed by atoms with van der Waals surface area (Å²) in [6, 6.07) is 16.1. The monoisotopic (exact) mass is 548 g/mol. The van der Waals surface area contributed by atoms with E-state index in [0.29, 0.717) is 24.2 Å². The van der Waals surface area contributed by atoms with E-state index in [4.69, 9.17) is 4.74 Å². The Morgan fingerprint density at radius 2 is 1.90 bits per heavy atom. The van der Waals surface area contributed by atoms with Gasteiger partial charge in [0, 0.05) is 22.6 Å². The molecule has 1 heterocycles. The molecule has 0 aliphatic carbocycles. The summed E-state index contributed by atoms with van der Waals surface area (Å²) in [5.74, 6) is 0.894. The maximum absolute atomic E-state index is 14.0. The van der Waals surface area contributed by atoms with Crippen molar-refractivity contribution in [1.29, 1.82) is 0 Å². The van der Waals surface area contributed by atoms with Gasteiger partial charge in [0.1, 0.15) is 11.8 Å². The Morgan fingerprint density at radius 3 is 2.64 bits per heavy atom. The first-order chi connectivity index (χ1) is 18.9. The lowest BCUT2D eigenvalue weighted by Gasteiger charge is -2.28. The van der Waals surface area contributed by atoms with Crippen molar-refractivity contribution in [3.8, 4) is 5.75 Å². The molecule has 1 unspecified atom stereocenters. The molecule has 2 atom stereocenters. The van der Waals surface area contributed by atoms with Crippen molar-refractivity contribution in [2.75, 3.05) is 24.8 Å². The van der Waals surface area contributed by atoms with Gasteiger partial charge in [0.05, 0.1) is 19.7 Å². The quantitative estimate of drug-likeness (QED) is 0.259. The number of nitrogens with zero attached hydrogens (tertiary/aromatic N) is 1. The number of ether oxygens (including phenoxy) is 1. The lowest BCUT2D eigenvalue weighted by atomic mass is 9.98. The van der Waals surface area contributed by atoms with Gasteiger partial charge < -0.3 is 20.3 Å². The molecule has 0 saturated carbocycles. The first kappa shape index (κ1) is 28.4. The van der Waals surface area contributed by atoms with Gasteiger partial charge in [0.15, 0.2) is 0 Å². The summed E-state index contributed by atoms with van der Waals surface area (Å²) in [5.41, 5.74) is 3.21. The molecule has 0 aromatic heterocycles. The van der Waals surface area contributed by atoms with Crippen LogP contribution < -0.4 is 25.0 Å². The molecule has 0 fully saturated rings. The standard InChI is InChI=1S/C30H36N4O4S/c1-5-17-39-33-29(36)23-11-8-10-21-22(23)14-16-27(38-4)24(21)18-34-26-12-7-6-9-20(26)13-15-25(30(34)37)32-28(35)19(2)31-3/h6-12,14,16,19,25,31H,5,13,15,17-18H2,1-4H3,(H,32,35)(H,33,36)/t19-,25?/m0/s1. The third kappa shape index (κ3) is 6.20. The molecule has 4 rings (SSSR count). The van der Waals surface area contributed by atoms with Crippen LogP contribution in [-0.2, 0) is 22.6 Å². The Bertz CT molecular complexity index is 1360. The average molecular weight is 549 g/mol. The fraction of sp³-hybridized carbons (Fsp3) is 0.367. The summed E-state index contributed by atoms with van der Waals surface area (Å²) >= 11 is 1.39. The molecular formula is C30H36N4O4S. The minimum atomic E-state index is -0.668. The van der Waals surface area contributed by atoms with Gasteiger partial charge in [0.2, 0.25) is 11.8 Å². The molecule has 0 bridgehead atoms. The maximum Gasteiger partial charge on any atom is 0.261 e. The van der Waals surface area contributed by atoms with Crippen molar-refractivity contribution < 1.29 is 19.1 Å². The normalized spacial score (nSPS) is 15.8. The van der Waals surface area contributed by atoms with Crippen molar-refractivity contribution in [2.24, 2.45) is 0 Å². The summed E-state index contributed by atoms with van der Waals surface area (Å²) in [4.78, 5) is 41.4. The second-order valence-corrected chi connectivity index (χ2v) is 10.5. The van der Waals surface area contributed by atoms with E-state index in [0.717, 1.165) is 39.8 Å². The fourth-order valence-corrected chi connectivity index (χ4v) is 5.37. The minimum absolute atomic E-state index is 0.159. The smallest absolute Gasteiger partial charge is 0.261 e. The van der Waals surface area contributed by atoms with E-state index in [-0.39, 0.29) is 24.3 Å². The highest BCUT2D eigenvalue weighted by Crippen LogP contribution is 2.35. The number of methoxy groups -OCH3 is 1. The molecule has 3 N–H and O–H groups in total. The molecule has 3 aromatic carbocycles. The van der Waals surface area contributed by atoms with Crippen LogP contribution in [0, 0.1) is 0 Å². The zero-order valence-corrected chi connectivity index (χ0v) is 23.7. The Labute approximate surface area is 234 Å². The van der Waals surface area contributed by atoms with Gasteiger partial charge in [-0.05, 0) is 73.8 Å². The lowest BCUT2D eigenvalue weighted by Crippen LogP contribution is -2.52. The van der Waals surface area contributed by atoms with Crippen molar-refractivity contribution >= 4 is 46.1 Å². The zero-order valence-electron chi connectivity index (χ0n) is 22.9. The fourth-order valence-electron chi connectivity index (χ4n) is 4.82. The van der Waals surface area contributed by atoms with Gasteiger partial charge in [-0.1, -0.05) is 49.2 Å². The lowest BCUT2D eigenvalue weighted by molar-refractivity contribution is -0.128. The number of carbonyl (C=O) groups excluding carboxylic acids is 3. The third-order valence-electron chi connectivity index (χ3n) is 7.07. The summed E-state index contributed by atoms with van der Waals surface area (Å²) < 4.78 is 8.67. The average Bonchev–Trinajstić information content (AvgIpc) is 3.08. The number of benzene rings is 3. The summed E-state index contributed by atoms with van der Waals surface area (Å²) in [6.45, 7) is 4.05. The number of amides is 3. The minimum Gasteiger partial charge on any atom is -0.496 e. The van der Waals surface area contributed by atoms with Crippen molar-refractivity contribution in [2.45, 2.75) is 51.7 Å². The number of hydrogen-bond donors (Lipinski definition) is 3. The van der Waals surface area contributed by atoms with Gasteiger partial charge in [-0.3, -0.25) is 19.1 Å². The van der Waals surface area contributed by atoms with Crippen LogP contribution in [0.2, 0.25) is 0 Å². The molecule has 206 valence electrons. The predicted octanol–water partition coefficient (Wildman–Crippen LogP) is 4.21. The van der Waals surface area contributed by atoms with Gasteiger partial charge in [-0.15, -0.1) is 0 Å². The summed E-state index contributed by atoms with van der Waals surface area (Å²) in [5, 5.41) is 7.49. The number of fused-ring (bicyclic) bond motifs is 2. The molecule has 0 saturated heterocycles. The van der Waals surface area contributed by atoms with Crippen LogP contribution in [0.15, 0.2) is 54.6 Å². The van der Waals surface area contributed by atoms with Crippen molar-refractivity contribution in [1.82, 2.24) is 15.4 Å². The first-order valence-electron chi connectivity index (χ1n) is 13.3. The van der Waals surface area contributed by atoms with Crippen LogP contribution in [0.5, 0.6) is 5.75 Å². The van der Waals surface area contributed by atoms with Crippen molar-refractivity contribution in [3.63, 3.8) is 0 Å². The second-order valence-electron chi connectivity index (χ2n) is 9.59. The first-order valence-corrected chi connectivity index (χ1v) is 14.3. The van der Waals surface area contributed by atoms with E-state index in [1.54, 1.807) is 32.0 Å². The number of hydrogen-bond acceptors (Lipinski definition) is 6. The Balaban J connectivity index is 1.76. The molecule has 0 radical (unpaired) electrons. The molecule has 3 amide bonds. The summed E-state index contributed by atoms with van der Waals surface area (Å²) in [6.07, 6.45) is 2.12. The second kappa shape index (κ2) is 13.0. The molecular weight excluding hydrogens is 512 g/mol. The highest BCUT2D eigenvalue weighted by Gasteiger charge is 2.33. The summed E-state index contributed by atoms with van der Waals surface area (Å²) in [7, 11) is 3.31. The Morgan fingerprint density at radius 1 is 1.10 bits per heavy atom. The zero-order chi connectivity index (χ0) is 27.9. The Hall–Kier alpha value is -3.56. The molecule has 0 spiro atoms. The van der Waals surface area contributed by atoms with E-state index in [2.05, 4.69) is 22.3 Å². The van der Waals surface area contributed by atoms with Gasteiger partial charge in [-0.2, -0.15) is 0 Å². The van der Waals surface area contributed by atoms with E-state index in [9.17, 15) is 14.4 Å². The largest absolute Gasteiger partial charge is 0.496 e. The molecule has 39 heavy (non-hydrogen) atoms. The van der Waals surface area contributed by atoms with Crippen LogP contribution in [0.4, 0.5) is 5.69 Å². The van der Waals surface area contributed by atoms with Crippen molar-refractivity contribution in [3.05, 3.63) is 71.3 Å². The van der Waals surface area contributed by atoms with Gasteiger partial charge >= 0.3 is 0 Å². The number of carbonyl (C=O) groups is 3. The third-order valence-corrected chi connectivity index (χ3v) is 8.02.